The third-order valence-electron chi connectivity index (χ3n) is 2.98. The zero-order valence-electron chi connectivity index (χ0n) is 9.51. The topological polar surface area (TPSA) is 82.8 Å². The van der Waals surface area contributed by atoms with Gasteiger partial charge in [-0.1, -0.05) is 18.2 Å². The molecule has 5 heteroatoms. The Bertz CT molecular complexity index is 714. The molecule has 1 aromatic carbocycles. The van der Waals surface area contributed by atoms with Crippen LogP contribution in [0, 0.1) is 6.92 Å². The van der Waals surface area contributed by atoms with Crippen LogP contribution in [0.3, 0.4) is 0 Å². The second-order valence-corrected chi connectivity index (χ2v) is 3.98. The van der Waals surface area contributed by atoms with E-state index in [1.54, 1.807) is 0 Å². The second kappa shape index (κ2) is 3.43. The van der Waals surface area contributed by atoms with Gasteiger partial charge in [0.05, 0.1) is 17.7 Å². The maximum Gasteiger partial charge on any atom is 0.152 e. The van der Waals surface area contributed by atoms with Crippen LogP contribution in [-0.4, -0.2) is 14.5 Å². The van der Waals surface area contributed by atoms with Gasteiger partial charge >= 0.3 is 0 Å². The number of rotatable bonds is 1. The highest BCUT2D eigenvalue weighted by Crippen LogP contribution is 2.27. The number of para-hydroxylation sites is 1. The number of imidazole rings is 1. The molecule has 17 heavy (non-hydrogen) atoms. The van der Waals surface area contributed by atoms with Crippen molar-refractivity contribution >= 4 is 27.8 Å². The molecule has 5 nitrogen and oxygen atoms in total. The van der Waals surface area contributed by atoms with Crippen molar-refractivity contribution in [1.82, 2.24) is 14.5 Å². The monoisotopic (exact) mass is 227 g/mol. The molecule has 2 heterocycles. The zero-order chi connectivity index (χ0) is 12.0. The first-order valence-corrected chi connectivity index (χ1v) is 5.43. The standard InChI is InChI=1S/C12H13N5/c1-7-15-10-11(17(7)6-13)8-4-2-3-5-9(8)16-12(10)14/h2-5H,6,13H2,1H3,(H2,14,16). The molecular formula is C12H13N5. The number of aryl methyl sites for hydroxylation is 1. The average Bonchev–Trinajstić information content (AvgIpc) is 2.67. The lowest BCUT2D eigenvalue weighted by atomic mass is 10.2. The van der Waals surface area contributed by atoms with Gasteiger partial charge in [0.15, 0.2) is 5.82 Å². The third kappa shape index (κ3) is 1.29. The molecule has 0 aliphatic carbocycles. The van der Waals surface area contributed by atoms with Gasteiger partial charge in [0.1, 0.15) is 11.3 Å². The number of nitrogen functional groups attached to an aromatic ring is 1. The summed E-state index contributed by atoms with van der Waals surface area (Å²) in [4.78, 5) is 8.78. The second-order valence-electron chi connectivity index (χ2n) is 3.98. The summed E-state index contributed by atoms with van der Waals surface area (Å²) >= 11 is 0. The van der Waals surface area contributed by atoms with Crippen LogP contribution in [0.4, 0.5) is 5.82 Å². The molecule has 0 saturated carbocycles. The highest BCUT2D eigenvalue weighted by molar-refractivity contribution is 6.06. The minimum Gasteiger partial charge on any atom is -0.382 e. The quantitative estimate of drug-likeness (QED) is 0.658. The van der Waals surface area contributed by atoms with Crippen LogP contribution >= 0.6 is 0 Å². The van der Waals surface area contributed by atoms with Gasteiger partial charge in [-0.25, -0.2) is 9.97 Å². The Morgan fingerprint density at radius 3 is 2.76 bits per heavy atom. The number of fused-ring (bicyclic) bond motifs is 3. The number of nitrogens with zero attached hydrogens (tertiary/aromatic N) is 3. The van der Waals surface area contributed by atoms with Crippen LogP contribution in [0.5, 0.6) is 0 Å². The minimum atomic E-state index is 0.385. The van der Waals surface area contributed by atoms with Gasteiger partial charge in [0, 0.05) is 5.39 Å². The number of nitrogens with two attached hydrogens (primary N) is 2. The molecule has 2 aromatic heterocycles. The number of hydrogen-bond donors (Lipinski definition) is 2. The van der Waals surface area contributed by atoms with Crippen molar-refractivity contribution < 1.29 is 0 Å². The molecule has 86 valence electrons. The number of anilines is 1. The summed E-state index contributed by atoms with van der Waals surface area (Å²) in [6.07, 6.45) is 0. The Balaban J connectivity index is 2.62. The van der Waals surface area contributed by atoms with Gasteiger partial charge in [-0.15, -0.1) is 0 Å². The molecule has 0 bridgehead atoms. The van der Waals surface area contributed by atoms with Crippen molar-refractivity contribution in [3.05, 3.63) is 30.1 Å². The molecule has 0 radical (unpaired) electrons. The van der Waals surface area contributed by atoms with Crippen LogP contribution in [0.25, 0.3) is 21.9 Å². The molecule has 0 aliphatic rings. The summed E-state index contributed by atoms with van der Waals surface area (Å²) in [6.45, 7) is 2.30. The number of hydrogen-bond acceptors (Lipinski definition) is 4. The number of aromatic nitrogens is 3. The van der Waals surface area contributed by atoms with Gasteiger partial charge in [-0.2, -0.15) is 0 Å². The average molecular weight is 227 g/mol. The molecule has 4 N–H and O–H groups in total. The van der Waals surface area contributed by atoms with Crippen LogP contribution in [-0.2, 0) is 6.67 Å². The highest BCUT2D eigenvalue weighted by Gasteiger charge is 2.13. The van der Waals surface area contributed by atoms with Gasteiger partial charge in [0.25, 0.3) is 0 Å². The predicted octanol–water partition coefficient (Wildman–Crippen LogP) is 1.39. The van der Waals surface area contributed by atoms with E-state index in [1.807, 2.05) is 35.8 Å². The summed E-state index contributed by atoms with van der Waals surface area (Å²) in [5, 5.41) is 1.03. The van der Waals surface area contributed by atoms with Crippen molar-refractivity contribution in [2.45, 2.75) is 13.6 Å². The smallest absolute Gasteiger partial charge is 0.152 e. The van der Waals surface area contributed by atoms with Crippen molar-refractivity contribution in [3.8, 4) is 0 Å². The predicted molar refractivity (Wildman–Crippen MR) is 68.4 cm³/mol. The number of benzene rings is 1. The van der Waals surface area contributed by atoms with E-state index in [9.17, 15) is 0 Å². The lowest BCUT2D eigenvalue weighted by molar-refractivity contribution is 0.727. The molecule has 3 aromatic rings. The summed E-state index contributed by atoms with van der Waals surface area (Å²) < 4.78 is 1.95. The van der Waals surface area contributed by atoms with E-state index < -0.39 is 0 Å². The number of pyridine rings is 1. The van der Waals surface area contributed by atoms with Gasteiger partial charge in [-0.3, -0.25) is 0 Å². The van der Waals surface area contributed by atoms with Crippen LogP contribution in [0.1, 0.15) is 5.82 Å². The molecule has 0 aliphatic heterocycles. The van der Waals surface area contributed by atoms with Crippen molar-refractivity contribution in [2.24, 2.45) is 5.73 Å². The Morgan fingerprint density at radius 1 is 1.24 bits per heavy atom. The Hall–Kier alpha value is -2.14. The summed E-state index contributed by atoms with van der Waals surface area (Å²) in [5.74, 6) is 1.31. The largest absolute Gasteiger partial charge is 0.382 e. The first kappa shape index (κ1) is 10.0. The van der Waals surface area contributed by atoms with Gasteiger partial charge in [0.2, 0.25) is 0 Å². The molecular weight excluding hydrogens is 214 g/mol. The molecule has 3 rings (SSSR count). The fourth-order valence-electron chi connectivity index (χ4n) is 2.19. The van der Waals surface area contributed by atoms with Crippen LogP contribution < -0.4 is 11.5 Å². The Kier molecular flexibility index (Phi) is 2.02. The summed E-state index contributed by atoms with van der Waals surface area (Å²) in [6, 6.07) is 7.87. The van der Waals surface area contributed by atoms with E-state index in [1.165, 1.54) is 0 Å². The van der Waals surface area contributed by atoms with Crippen LogP contribution in [0.15, 0.2) is 24.3 Å². The van der Waals surface area contributed by atoms with Crippen molar-refractivity contribution in [3.63, 3.8) is 0 Å². The normalized spacial score (nSPS) is 11.4. The van der Waals surface area contributed by atoms with Crippen molar-refractivity contribution in [1.29, 1.82) is 0 Å². The third-order valence-corrected chi connectivity index (χ3v) is 2.98. The first-order valence-electron chi connectivity index (χ1n) is 5.43. The fourth-order valence-corrected chi connectivity index (χ4v) is 2.19. The van der Waals surface area contributed by atoms with E-state index in [0.717, 1.165) is 27.8 Å². The Labute approximate surface area is 98.1 Å². The molecule has 0 amide bonds. The summed E-state index contributed by atoms with van der Waals surface area (Å²) in [5.41, 5.74) is 14.3. The van der Waals surface area contributed by atoms with Crippen molar-refractivity contribution in [2.75, 3.05) is 5.73 Å². The summed E-state index contributed by atoms with van der Waals surface area (Å²) in [7, 11) is 0. The van der Waals surface area contributed by atoms with E-state index in [4.69, 9.17) is 11.5 Å². The lowest BCUT2D eigenvalue weighted by Gasteiger charge is -2.05. The van der Waals surface area contributed by atoms with Crippen LogP contribution in [0.2, 0.25) is 0 Å². The zero-order valence-corrected chi connectivity index (χ0v) is 9.51. The van der Waals surface area contributed by atoms with Gasteiger partial charge in [-0.05, 0) is 13.0 Å². The fraction of sp³-hybridized carbons (Fsp3) is 0.167. The molecule has 0 atom stereocenters. The van der Waals surface area contributed by atoms with E-state index in [0.29, 0.717) is 12.5 Å². The minimum absolute atomic E-state index is 0.385. The SMILES string of the molecule is Cc1nc2c(N)nc3ccccc3c2n1CN. The highest BCUT2D eigenvalue weighted by atomic mass is 15.1. The van der Waals surface area contributed by atoms with E-state index >= 15 is 0 Å². The lowest BCUT2D eigenvalue weighted by Crippen LogP contribution is -2.08. The first-order chi connectivity index (χ1) is 8.22. The van der Waals surface area contributed by atoms with E-state index in [-0.39, 0.29) is 0 Å². The van der Waals surface area contributed by atoms with Gasteiger partial charge < -0.3 is 16.0 Å². The maximum absolute atomic E-state index is 5.93. The molecule has 0 unspecified atom stereocenters. The molecule has 0 saturated heterocycles. The van der Waals surface area contributed by atoms with E-state index in [2.05, 4.69) is 9.97 Å². The Morgan fingerprint density at radius 2 is 2.00 bits per heavy atom. The molecule has 0 fully saturated rings. The molecule has 0 spiro atoms. The maximum atomic E-state index is 5.93.